The average Bonchev–Trinajstić information content (AvgIpc) is 2.66. The molecule has 0 saturated carbocycles. The Morgan fingerprint density at radius 2 is 1.86 bits per heavy atom. The van der Waals surface area contributed by atoms with E-state index in [4.69, 9.17) is 16.3 Å². The van der Waals surface area contributed by atoms with Crippen molar-refractivity contribution in [2.45, 2.75) is 20.8 Å². The first-order valence-corrected chi connectivity index (χ1v) is 9.26. The second-order valence-corrected chi connectivity index (χ2v) is 6.62. The summed E-state index contributed by atoms with van der Waals surface area (Å²) in [6, 6.07) is 14.4. The Morgan fingerprint density at radius 3 is 2.64 bits per heavy atom. The first-order valence-electron chi connectivity index (χ1n) is 8.88. The predicted octanol–water partition coefficient (Wildman–Crippen LogP) is 5.14. The van der Waals surface area contributed by atoms with Gasteiger partial charge in [0.25, 0.3) is 5.91 Å². The van der Waals surface area contributed by atoms with Crippen molar-refractivity contribution in [3.63, 3.8) is 0 Å². The number of carbonyl (C=O) groups is 1. The molecule has 2 N–H and O–H groups in total. The Bertz CT molecular complexity index is 1010. The lowest BCUT2D eigenvalue weighted by Crippen LogP contribution is -2.16. The number of hydrogen-bond donors (Lipinski definition) is 2. The highest BCUT2D eigenvalue weighted by Gasteiger charge is 2.14. The number of aromatic nitrogens is 2. The van der Waals surface area contributed by atoms with Crippen molar-refractivity contribution in [3.8, 4) is 5.75 Å². The van der Waals surface area contributed by atoms with E-state index in [1.807, 2.05) is 45.0 Å². The van der Waals surface area contributed by atoms with Crippen LogP contribution in [-0.2, 0) is 0 Å². The molecule has 0 bridgehead atoms. The third-order valence-corrected chi connectivity index (χ3v) is 4.20. The summed E-state index contributed by atoms with van der Waals surface area (Å²) < 4.78 is 5.55. The Kier molecular flexibility index (Phi) is 6.11. The van der Waals surface area contributed by atoms with Gasteiger partial charge in [-0.2, -0.15) is 0 Å². The molecule has 28 heavy (non-hydrogen) atoms. The van der Waals surface area contributed by atoms with E-state index in [0.29, 0.717) is 34.7 Å². The summed E-state index contributed by atoms with van der Waals surface area (Å²) in [6.45, 7) is 6.16. The van der Waals surface area contributed by atoms with Crippen LogP contribution in [0.2, 0.25) is 5.02 Å². The van der Waals surface area contributed by atoms with E-state index in [2.05, 4.69) is 20.6 Å². The lowest BCUT2D eigenvalue weighted by Gasteiger charge is -2.12. The Morgan fingerprint density at radius 1 is 1.07 bits per heavy atom. The molecule has 3 aromatic rings. The lowest BCUT2D eigenvalue weighted by molar-refractivity contribution is 0.102. The predicted molar refractivity (Wildman–Crippen MR) is 112 cm³/mol. The SMILES string of the molecule is CCOc1ccccc1NC(=O)c1cc(C)nc(Nc2cc(Cl)ccc2C)n1. The normalized spacial score (nSPS) is 10.4. The van der Waals surface area contributed by atoms with Gasteiger partial charge >= 0.3 is 0 Å². The monoisotopic (exact) mass is 396 g/mol. The number of nitrogens with zero attached hydrogens (tertiary/aromatic N) is 2. The molecule has 0 radical (unpaired) electrons. The largest absolute Gasteiger partial charge is 0.492 e. The number of para-hydroxylation sites is 2. The van der Waals surface area contributed by atoms with Gasteiger partial charge in [0.1, 0.15) is 11.4 Å². The number of hydrogen-bond acceptors (Lipinski definition) is 5. The number of aryl methyl sites for hydroxylation is 2. The molecule has 1 aromatic heterocycles. The van der Waals surface area contributed by atoms with E-state index < -0.39 is 0 Å². The van der Waals surface area contributed by atoms with Crippen LogP contribution < -0.4 is 15.4 Å². The van der Waals surface area contributed by atoms with Crippen LogP contribution in [0.1, 0.15) is 28.7 Å². The van der Waals surface area contributed by atoms with E-state index in [0.717, 1.165) is 11.3 Å². The van der Waals surface area contributed by atoms with Crippen LogP contribution in [0.25, 0.3) is 0 Å². The zero-order chi connectivity index (χ0) is 20.1. The Balaban J connectivity index is 1.85. The molecule has 7 heteroatoms. The minimum absolute atomic E-state index is 0.251. The maximum Gasteiger partial charge on any atom is 0.274 e. The van der Waals surface area contributed by atoms with Crippen LogP contribution in [0.4, 0.5) is 17.3 Å². The van der Waals surface area contributed by atoms with Gasteiger partial charge < -0.3 is 15.4 Å². The fourth-order valence-electron chi connectivity index (χ4n) is 2.63. The molecule has 0 aliphatic rings. The third kappa shape index (κ3) is 4.78. The molecule has 2 aromatic carbocycles. The molecule has 6 nitrogen and oxygen atoms in total. The van der Waals surface area contributed by atoms with Crippen LogP contribution in [0.15, 0.2) is 48.5 Å². The molecule has 0 spiro atoms. The highest BCUT2D eigenvalue weighted by molar-refractivity contribution is 6.30. The smallest absolute Gasteiger partial charge is 0.274 e. The molecule has 1 heterocycles. The van der Waals surface area contributed by atoms with Crippen molar-refractivity contribution in [3.05, 3.63) is 70.5 Å². The quantitative estimate of drug-likeness (QED) is 0.603. The molecule has 0 fully saturated rings. The number of nitrogens with one attached hydrogen (secondary N) is 2. The number of rotatable bonds is 6. The number of carbonyl (C=O) groups excluding carboxylic acids is 1. The molecule has 0 saturated heterocycles. The van der Waals surface area contributed by atoms with Crippen molar-refractivity contribution >= 4 is 34.8 Å². The Hall–Kier alpha value is -3.12. The minimum atomic E-state index is -0.344. The standard InChI is InChI=1S/C21H21ClN4O2/c1-4-28-19-8-6-5-7-16(19)24-20(27)18-11-14(3)23-21(26-18)25-17-12-15(22)10-9-13(17)2/h5-12H,4H2,1-3H3,(H,24,27)(H,23,25,26). The molecule has 0 aliphatic heterocycles. The first-order chi connectivity index (χ1) is 13.5. The second kappa shape index (κ2) is 8.71. The third-order valence-electron chi connectivity index (χ3n) is 3.97. The number of anilines is 3. The van der Waals surface area contributed by atoms with Gasteiger partial charge in [-0.1, -0.05) is 29.8 Å². The number of halogens is 1. The van der Waals surface area contributed by atoms with Crippen LogP contribution in [0.3, 0.4) is 0 Å². The first kappa shape index (κ1) is 19.6. The van der Waals surface area contributed by atoms with Crippen LogP contribution in [0, 0.1) is 13.8 Å². The highest BCUT2D eigenvalue weighted by atomic mass is 35.5. The molecular formula is C21H21ClN4O2. The van der Waals surface area contributed by atoms with E-state index in [-0.39, 0.29) is 11.6 Å². The van der Waals surface area contributed by atoms with Crippen LogP contribution >= 0.6 is 11.6 Å². The van der Waals surface area contributed by atoms with Crippen molar-refractivity contribution < 1.29 is 9.53 Å². The van der Waals surface area contributed by atoms with Crippen LogP contribution in [0.5, 0.6) is 5.75 Å². The zero-order valence-electron chi connectivity index (χ0n) is 15.9. The van der Waals surface area contributed by atoms with Gasteiger partial charge in [0, 0.05) is 16.4 Å². The lowest BCUT2D eigenvalue weighted by atomic mass is 10.2. The minimum Gasteiger partial charge on any atom is -0.492 e. The van der Waals surface area contributed by atoms with Crippen LogP contribution in [-0.4, -0.2) is 22.5 Å². The topological polar surface area (TPSA) is 76.1 Å². The zero-order valence-corrected chi connectivity index (χ0v) is 16.7. The molecule has 1 amide bonds. The summed E-state index contributed by atoms with van der Waals surface area (Å²) in [7, 11) is 0. The average molecular weight is 397 g/mol. The fourth-order valence-corrected chi connectivity index (χ4v) is 2.80. The van der Waals surface area contributed by atoms with Gasteiger partial charge in [0.05, 0.1) is 12.3 Å². The summed E-state index contributed by atoms with van der Waals surface area (Å²) in [5.74, 6) is 0.592. The van der Waals surface area contributed by atoms with Gasteiger partial charge in [-0.25, -0.2) is 9.97 Å². The van der Waals surface area contributed by atoms with Gasteiger partial charge in [-0.15, -0.1) is 0 Å². The molecule has 0 atom stereocenters. The van der Waals surface area contributed by atoms with E-state index in [1.54, 1.807) is 24.3 Å². The summed E-state index contributed by atoms with van der Waals surface area (Å²) in [5.41, 5.74) is 3.28. The molecule has 0 aliphatic carbocycles. The second-order valence-electron chi connectivity index (χ2n) is 6.19. The van der Waals surface area contributed by atoms with E-state index in [9.17, 15) is 4.79 Å². The number of ether oxygens (including phenoxy) is 1. The molecule has 144 valence electrons. The van der Waals surface area contributed by atoms with Crippen molar-refractivity contribution in [2.75, 3.05) is 17.2 Å². The summed E-state index contributed by atoms with van der Waals surface area (Å²) in [5, 5.41) is 6.58. The van der Waals surface area contributed by atoms with E-state index >= 15 is 0 Å². The summed E-state index contributed by atoms with van der Waals surface area (Å²) in [6.07, 6.45) is 0. The highest BCUT2D eigenvalue weighted by Crippen LogP contribution is 2.25. The molecule has 0 unspecified atom stereocenters. The maximum atomic E-state index is 12.7. The fraction of sp³-hybridized carbons (Fsp3) is 0.190. The molecule has 3 rings (SSSR count). The van der Waals surface area contributed by atoms with Gasteiger partial charge in [0.15, 0.2) is 0 Å². The van der Waals surface area contributed by atoms with Gasteiger partial charge in [0.2, 0.25) is 5.95 Å². The summed E-state index contributed by atoms with van der Waals surface area (Å²) in [4.78, 5) is 21.5. The van der Waals surface area contributed by atoms with Crippen molar-refractivity contribution in [2.24, 2.45) is 0 Å². The number of amides is 1. The Labute approximate surface area is 168 Å². The van der Waals surface area contributed by atoms with Gasteiger partial charge in [-0.3, -0.25) is 4.79 Å². The molecular weight excluding hydrogens is 376 g/mol. The van der Waals surface area contributed by atoms with Crippen molar-refractivity contribution in [1.82, 2.24) is 9.97 Å². The van der Waals surface area contributed by atoms with Gasteiger partial charge in [-0.05, 0) is 56.7 Å². The van der Waals surface area contributed by atoms with Crippen molar-refractivity contribution in [1.29, 1.82) is 0 Å². The number of benzene rings is 2. The van der Waals surface area contributed by atoms with E-state index in [1.165, 1.54) is 0 Å². The summed E-state index contributed by atoms with van der Waals surface area (Å²) >= 11 is 6.07. The maximum absolute atomic E-state index is 12.7.